The Labute approximate surface area is 69.2 Å². The summed E-state index contributed by atoms with van der Waals surface area (Å²) in [6.45, 7) is 2.30. The van der Waals surface area contributed by atoms with E-state index in [4.69, 9.17) is 10.2 Å². The van der Waals surface area contributed by atoms with E-state index in [-0.39, 0.29) is 6.10 Å². The minimum atomic E-state index is -0.107. The van der Waals surface area contributed by atoms with E-state index >= 15 is 0 Å². The molecule has 0 spiro atoms. The molecule has 0 aliphatic carbocycles. The third kappa shape index (κ3) is 7.82. The van der Waals surface area contributed by atoms with Crippen molar-refractivity contribution in [3.05, 3.63) is 0 Å². The Kier molecular flexibility index (Phi) is 7.96. The van der Waals surface area contributed by atoms with Gasteiger partial charge in [0.15, 0.2) is 0 Å². The summed E-state index contributed by atoms with van der Waals surface area (Å²) in [5.41, 5.74) is 0. The van der Waals surface area contributed by atoms with Gasteiger partial charge in [0.05, 0.1) is 6.10 Å². The number of hydrogen-bond acceptors (Lipinski definition) is 2. The number of aliphatic hydroxyl groups is 2. The van der Waals surface area contributed by atoms with Gasteiger partial charge in [0.25, 0.3) is 0 Å². The second-order valence-electron chi connectivity index (χ2n) is 2.99. The molecular weight excluding hydrogens is 140 g/mol. The Morgan fingerprint density at radius 3 is 2.27 bits per heavy atom. The number of aliphatic hydroxyl groups excluding tert-OH is 2. The van der Waals surface area contributed by atoms with Crippen LogP contribution in [0.15, 0.2) is 0 Å². The molecule has 0 saturated carbocycles. The summed E-state index contributed by atoms with van der Waals surface area (Å²) in [7, 11) is 0. The minimum absolute atomic E-state index is 0.107. The number of hydrogen-bond donors (Lipinski definition) is 2. The molecule has 0 unspecified atom stereocenters. The van der Waals surface area contributed by atoms with Crippen molar-refractivity contribution in [1.29, 1.82) is 0 Å². The smallest absolute Gasteiger partial charge is 0.0537 e. The second kappa shape index (κ2) is 8.02. The Morgan fingerprint density at radius 1 is 1.09 bits per heavy atom. The lowest BCUT2D eigenvalue weighted by molar-refractivity contribution is 0.156. The molecule has 0 saturated heterocycles. The molecule has 0 aromatic carbocycles. The second-order valence-corrected chi connectivity index (χ2v) is 2.99. The Bertz CT molecular complexity index is 74.0. The predicted molar refractivity (Wildman–Crippen MR) is 46.5 cm³/mol. The van der Waals surface area contributed by atoms with E-state index < -0.39 is 0 Å². The molecule has 0 aromatic rings. The lowest BCUT2D eigenvalue weighted by Crippen LogP contribution is -2.03. The van der Waals surface area contributed by atoms with Gasteiger partial charge in [-0.05, 0) is 19.3 Å². The van der Waals surface area contributed by atoms with Gasteiger partial charge in [0, 0.05) is 6.61 Å². The molecule has 2 N–H and O–H groups in total. The number of rotatable bonds is 7. The molecule has 0 heterocycles. The van der Waals surface area contributed by atoms with E-state index in [1.807, 2.05) is 6.92 Å². The molecule has 2 heteroatoms. The van der Waals surface area contributed by atoms with Crippen molar-refractivity contribution in [1.82, 2.24) is 0 Å². The van der Waals surface area contributed by atoms with Gasteiger partial charge in [-0.3, -0.25) is 0 Å². The Balaban J connectivity index is 2.89. The highest BCUT2D eigenvalue weighted by atomic mass is 16.3. The molecule has 0 aliphatic heterocycles. The third-order valence-electron chi connectivity index (χ3n) is 1.92. The van der Waals surface area contributed by atoms with E-state index in [2.05, 4.69) is 0 Å². The van der Waals surface area contributed by atoms with Crippen molar-refractivity contribution < 1.29 is 10.2 Å². The summed E-state index contributed by atoms with van der Waals surface area (Å²) in [4.78, 5) is 0. The van der Waals surface area contributed by atoms with Crippen molar-refractivity contribution in [3.8, 4) is 0 Å². The molecule has 0 rings (SSSR count). The molecule has 1 atom stereocenters. The summed E-state index contributed by atoms with van der Waals surface area (Å²) >= 11 is 0. The van der Waals surface area contributed by atoms with Crippen LogP contribution < -0.4 is 0 Å². The maximum Gasteiger partial charge on any atom is 0.0537 e. The zero-order valence-corrected chi connectivity index (χ0v) is 7.42. The van der Waals surface area contributed by atoms with Crippen molar-refractivity contribution >= 4 is 0 Å². The molecule has 0 bridgehead atoms. The van der Waals surface area contributed by atoms with E-state index in [1.54, 1.807) is 0 Å². The SMILES string of the molecule is CC[C@@H](O)CCCCCCO. The number of unbranched alkanes of at least 4 members (excludes halogenated alkanes) is 3. The summed E-state index contributed by atoms with van der Waals surface area (Å²) in [6, 6.07) is 0. The van der Waals surface area contributed by atoms with Gasteiger partial charge in [-0.25, -0.2) is 0 Å². The van der Waals surface area contributed by atoms with Gasteiger partial charge in [-0.15, -0.1) is 0 Å². The van der Waals surface area contributed by atoms with Crippen LogP contribution in [-0.4, -0.2) is 22.9 Å². The van der Waals surface area contributed by atoms with Gasteiger partial charge >= 0.3 is 0 Å². The summed E-state index contributed by atoms with van der Waals surface area (Å²) in [6.07, 6.45) is 5.90. The van der Waals surface area contributed by atoms with Gasteiger partial charge in [-0.2, -0.15) is 0 Å². The van der Waals surface area contributed by atoms with Gasteiger partial charge in [0.1, 0.15) is 0 Å². The van der Waals surface area contributed by atoms with E-state index in [9.17, 15) is 0 Å². The topological polar surface area (TPSA) is 40.5 Å². The van der Waals surface area contributed by atoms with E-state index in [0.29, 0.717) is 6.61 Å². The van der Waals surface area contributed by atoms with Crippen molar-refractivity contribution in [2.45, 2.75) is 51.6 Å². The van der Waals surface area contributed by atoms with Crippen LogP contribution in [0.5, 0.6) is 0 Å². The fourth-order valence-corrected chi connectivity index (χ4v) is 1.05. The predicted octanol–water partition coefficient (Wildman–Crippen LogP) is 1.70. The van der Waals surface area contributed by atoms with Crippen LogP contribution >= 0.6 is 0 Å². The van der Waals surface area contributed by atoms with Crippen molar-refractivity contribution in [2.75, 3.05) is 6.61 Å². The molecular formula is C9H20O2. The quantitative estimate of drug-likeness (QED) is 0.556. The maximum atomic E-state index is 9.17. The zero-order chi connectivity index (χ0) is 8.53. The highest BCUT2D eigenvalue weighted by molar-refractivity contribution is 4.52. The molecule has 0 amide bonds. The third-order valence-corrected chi connectivity index (χ3v) is 1.92. The fourth-order valence-electron chi connectivity index (χ4n) is 1.05. The van der Waals surface area contributed by atoms with E-state index in [0.717, 1.165) is 38.5 Å². The fraction of sp³-hybridized carbons (Fsp3) is 1.00. The van der Waals surface area contributed by atoms with Crippen LogP contribution in [0.2, 0.25) is 0 Å². The van der Waals surface area contributed by atoms with Gasteiger partial charge in [0.2, 0.25) is 0 Å². The van der Waals surface area contributed by atoms with Gasteiger partial charge in [-0.1, -0.05) is 26.2 Å². The largest absolute Gasteiger partial charge is 0.396 e. The first-order valence-electron chi connectivity index (χ1n) is 4.60. The van der Waals surface area contributed by atoms with Crippen LogP contribution in [0.1, 0.15) is 45.4 Å². The summed E-state index contributed by atoms with van der Waals surface area (Å²) in [5, 5.41) is 17.6. The first-order chi connectivity index (χ1) is 5.31. The first-order valence-corrected chi connectivity index (χ1v) is 4.60. The lowest BCUT2D eigenvalue weighted by Gasteiger charge is -2.05. The van der Waals surface area contributed by atoms with Crippen LogP contribution in [-0.2, 0) is 0 Å². The maximum absolute atomic E-state index is 9.17. The Hall–Kier alpha value is -0.0800. The molecule has 2 nitrogen and oxygen atoms in total. The lowest BCUT2D eigenvalue weighted by atomic mass is 10.1. The monoisotopic (exact) mass is 160 g/mol. The Morgan fingerprint density at radius 2 is 1.73 bits per heavy atom. The zero-order valence-electron chi connectivity index (χ0n) is 7.42. The average molecular weight is 160 g/mol. The molecule has 0 aliphatic rings. The molecule has 0 fully saturated rings. The molecule has 11 heavy (non-hydrogen) atoms. The van der Waals surface area contributed by atoms with Gasteiger partial charge < -0.3 is 10.2 Å². The highest BCUT2D eigenvalue weighted by Gasteiger charge is 1.98. The highest BCUT2D eigenvalue weighted by Crippen LogP contribution is 2.06. The molecule has 0 radical (unpaired) electrons. The minimum Gasteiger partial charge on any atom is -0.396 e. The first kappa shape index (κ1) is 10.9. The van der Waals surface area contributed by atoms with Crippen LogP contribution in [0.3, 0.4) is 0 Å². The van der Waals surface area contributed by atoms with Crippen LogP contribution in [0.25, 0.3) is 0 Å². The van der Waals surface area contributed by atoms with Crippen LogP contribution in [0, 0.1) is 0 Å². The standard InChI is InChI=1S/C9H20O2/c1-2-9(11)7-5-3-4-6-8-10/h9-11H,2-8H2,1H3/t9-/m1/s1. The van der Waals surface area contributed by atoms with Crippen LogP contribution in [0.4, 0.5) is 0 Å². The van der Waals surface area contributed by atoms with E-state index in [1.165, 1.54) is 0 Å². The normalized spacial score (nSPS) is 13.4. The average Bonchev–Trinajstić information content (AvgIpc) is 2.04. The molecule has 0 aromatic heterocycles. The van der Waals surface area contributed by atoms with Crippen molar-refractivity contribution in [3.63, 3.8) is 0 Å². The molecule has 68 valence electrons. The summed E-state index contributed by atoms with van der Waals surface area (Å²) < 4.78 is 0. The van der Waals surface area contributed by atoms with Crippen molar-refractivity contribution in [2.24, 2.45) is 0 Å². The summed E-state index contributed by atoms with van der Waals surface area (Å²) in [5.74, 6) is 0.